The summed E-state index contributed by atoms with van der Waals surface area (Å²) < 4.78 is 5.36. The molecule has 1 amide bonds. The van der Waals surface area contributed by atoms with Crippen molar-refractivity contribution >= 4 is 11.6 Å². The molecule has 1 aromatic rings. The van der Waals surface area contributed by atoms with Gasteiger partial charge in [0.05, 0.1) is 0 Å². The van der Waals surface area contributed by atoms with E-state index in [4.69, 9.17) is 10.5 Å². The zero-order valence-corrected chi connectivity index (χ0v) is 11.3. The molecule has 4 heteroatoms. The third-order valence-electron chi connectivity index (χ3n) is 2.92. The van der Waals surface area contributed by atoms with Gasteiger partial charge < -0.3 is 15.8 Å². The molecule has 0 saturated carbocycles. The summed E-state index contributed by atoms with van der Waals surface area (Å²) in [4.78, 5) is 11.9. The number of benzene rings is 1. The third-order valence-corrected chi connectivity index (χ3v) is 2.92. The summed E-state index contributed by atoms with van der Waals surface area (Å²) in [5.41, 5.74) is 6.14. The Hall–Kier alpha value is -1.55. The topological polar surface area (TPSA) is 64.3 Å². The fourth-order valence-electron chi connectivity index (χ4n) is 1.37. The molecule has 0 radical (unpaired) electrons. The van der Waals surface area contributed by atoms with Gasteiger partial charge in [0.2, 0.25) is 5.91 Å². The highest BCUT2D eigenvalue weighted by atomic mass is 16.5. The van der Waals surface area contributed by atoms with Crippen LogP contribution in [0.4, 0.5) is 5.69 Å². The molecule has 0 aliphatic heterocycles. The van der Waals surface area contributed by atoms with Gasteiger partial charge in [-0.25, -0.2) is 0 Å². The Morgan fingerprint density at radius 2 is 1.89 bits per heavy atom. The van der Waals surface area contributed by atoms with Gasteiger partial charge in [0.25, 0.3) is 0 Å². The summed E-state index contributed by atoms with van der Waals surface area (Å²) in [5.74, 6) is 1.13. The molecule has 0 aromatic heterocycles. The molecule has 0 fully saturated rings. The van der Waals surface area contributed by atoms with Crippen LogP contribution in [0.15, 0.2) is 24.3 Å². The highest BCUT2D eigenvalue weighted by molar-refractivity contribution is 5.92. The summed E-state index contributed by atoms with van der Waals surface area (Å²) >= 11 is 0. The van der Waals surface area contributed by atoms with E-state index in [2.05, 4.69) is 5.32 Å². The quantitative estimate of drug-likeness (QED) is 0.814. The summed E-state index contributed by atoms with van der Waals surface area (Å²) in [6, 6.07) is 7.31. The molecule has 0 bridgehead atoms. The summed E-state index contributed by atoms with van der Waals surface area (Å²) in [6.07, 6.45) is 0. The van der Waals surface area contributed by atoms with Crippen molar-refractivity contribution in [1.29, 1.82) is 0 Å². The average molecular weight is 250 g/mol. The number of carbonyl (C=O) groups is 1. The van der Waals surface area contributed by atoms with Crippen LogP contribution < -0.4 is 15.8 Å². The largest absolute Gasteiger partial charge is 0.492 e. The van der Waals surface area contributed by atoms with Gasteiger partial charge in [0, 0.05) is 18.2 Å². The van der Waals surface area contributed by atoms with Crippen molar-refractivity contribution < 1.29 is 9.53 Å². The van der Waals surface area contributed by atoms with Crippen molar-refractivity contribution in [3.63, 3.8) is 0 Å². The van der Waals surface area contributed by atoms with Gasteiger partial charge in [0.1, 0.15) is 12.4 Å². The molecule has 3 N–H and O–H groups in total. The fourth-order valence-corrected chi connectivity index (χ4v) is 1.37. The number of hydrogen-bond donors (Lipinski definition) is 2. The van der Waals surface area contributed by atoms with Crippen LogP contribution in [0.25, 0.3) is 0 Å². The van der Waals surface area contributed by atoms with E-state index in [9.17, 15) is 4.79 Å². The van der Waals surface area contributed by atoms with Gasteiger partial charge in [-0.2, -0.15) is 0 Å². The SMILES string of the molecule is CC(C)C(C)C(=O)Nc1ccc(OCCN)cc1. The van der Waals surface area contributed by atoms with E-state index in [0.717, 1.165) is 11.4 Å². The number of ether oxygens (including phenoxy) is 1. The Morgan fingerprint density at radius 3 is 2.39 bits per heavy atom. The molecular weight excluding hydrogens is 228 g/mol. The molecular formula is C14H22N2O2. The molecule has 18 heavy (non-hydrogen) atoms. The lowest BCUT2D eigenvalue weighted by Crippen LogP contribution is -2.24. The minimum atomic E-state index is -0.00170. The molecule has 0 heterocycles. The van der Waals surface area contributed by atoms with Gasteiger partial charge in [-0.3, -0.25) is 4.79 Å². The highest BCUT2D eigenvalue weighted by Crippen LogP contribution is 2.18. The van der Waals surface area contributed by atoms with Crippen molar-refractivity contribution in [3.05, 3.63) is 24.3 Å². The number of anilines is 1. The van der Waals surface area contributed by atoms with Crippen LogP contribution in [0.5, 0.6) is 5.75 Å². The smallest absolute Gasteiger partial charge is 0.227 e. The number of hydrogen-bond acceptors (Lipinski definition) is 3. The first-order valence-electron chi connectivity index (χ1n) is 6.28. The van der Waals surface area contributed by atoms with E-state index >= 15 is 0 Å². The number of rotatable bonds is 6. The van der Waals surface area contributed by atoms with Crippen molar-refractivity contribution in [1.82, 2.24) is 0 Å². The van der Waals surface area contributed by atoms with E-state index in [0.29, 0.717) is 19.1 Å². The molecule has 0 spiro atoms. The van der Waals surface area contributed by atoms with Gasteiger partial charge in [-0.1, -0.05) is 20.8 Å². The fraction of sp³-hybridized carbons (Fsp3) is 0.500. The van der Waals surface area contributed by atoms with Crippen LogP contribution in [0.3, 0.4) is 0 Å². The van der Waals surface area contributed by atoms with E-state index < -0.39 is 0 Å². The van der Waals surface area contributed by atoms with E-state index in [1.807, 2.05) is 45.0 Å². The second-order valence-corrected chi connectivity index (χ2v) is 4.68. The molecule has 4 nitrogen and oxygen atoms in total. The molecule has 1 unspecified atom stereocenters. The third kappa shape index (κ3) is 4.37. The normalized spacial score (nSPS) is 12.3. The van der Waals surface area contributed by atoms with Gasteiger partial charge in [0.15, 0.2) is 0 Å². The predicted molar refractivity (Wildman–Crippen MR) is 73.6 cm³/mol. The van der Waals surface area contributed by atoms with Gasteiger partial charge in [-0.15, -0.1) is 0 Å². The van der Waals surface area contributed by atoms with Crippen molar-refractivity contribution in [2.75, 3.05) is 18.5 Å². The van der Waals surface area contributed by atoms with E-state index in [1.54, 1.807) is 0 Å². The van der Waals surface area contributed by atoms with Crippen molar-refractivity contribution in [2.24, 2.45) is 17.6 Å². The van der Waals surface area contributed by atoms with Gasteiger partial charge >= 0.3 is 0 Å². The van der Waals surface area contributed by atoms with Crippen LogP contribution in [0.2, 0.25) is 0 Å². The number of carbonyl (C=O) groups excluding carboxylic acids is 1. The molecule has 1 aromatic carbocycles. The lowest BCUT2D eigenvalue weighted by molar-refractivity contribution is -0.120. The minimum Gasteiger partial charge on any atom is -0.492 e. The van der Waals surface area contributed by atoms with E-state index in [1.165, 1.54) is 0 Å². The predicted octanol–water partition coefficient (Wildman–Crippen LogP) is 2.25. The minimum absolute atomic E-state index is 0.00170. The van der Waals surface area contributed by atoms with Crippen molar-refractivity contribution in [3.8, 4) is 5.75 Å². The van der Waals surface area contributed by atoms with Crippen molar-refractivity contribution in [2.45, 2.75) is 20.8 Å². The molecule has 0 aliphatic rings. The van der Waals surface area contributed by atoms with Crippen LogP contribution >= 0.6 is 0 Å². The Bertz CT molecular complexity index is 374. The summed E-state index contributed by atoms with van der Waals surface area (Å²) in [6.45, 7) is 6.99. The standard InChI is InChI=1S/C14H22N2O2/c1-10(2)11(3)14(17)16-12-4-6-13(7-5-12)18-9-8-15/h4-7,10-11H,8-9,15H2,1-3H3,(H,16,17). The lowest BCUT2D eigenvalue weighted by Gasteiger charge is -2.15. The average Bonchev–Trinajstić information content (AvgIpc) is 2.36. The molecule has 100 valence electrons. The van der Waals surface area contributed by atoms with Crippen LogP contribution in [-0.4, -0.2) is 19.1 Å². The number of amides is 1. The van der Waals surface area contributed by atoms with E-state index in [-0.39, 0.29) is 11.8 Å². The number of nitrogens with one attached hydrogen (secondary N) is 1. The Morgan fingerprint density at radius 1 is 1.28 bits per heavy atom. The summed E-state index contributed by atoms with van der Waals surface area (Å²) in [5, 5.41) is 2.89. The first-order chi connectivity index (χ1) is 8.54. The molecule has 0 aliphatic carbocycles. The first-order valence-corrected chi connectivity index (χ1v) is 6.28. The van der Waals surface area contributed by atoms with Crippen LogP contribution in [-0.2, 0) is 4.79 Å². The lowest BCUT2D eigenvalue weighted by atomic mass is 9.97. The molecule has 1 atom stereocenters. The Balaban J connectivity index is 2.55. The van der Waals surface area contributed by atoms with Crippen LogP contribution in [0, 0.1) is 11.8 Å². The monoisotopic (exact) mass is 250 g/mol. The Kier molecular flexibility index (Phi) is 5.65. The zero-order chi connectivity index (χ0) is 13.5. The maximum absolute atomic E-state index is 11.9. The highest BCUT2D eigenvalue weighted by Gasteiger charge is 2.16. The zero-order valence-electron chi connectivity index (χ0n) is 11.3. The number of nitrogens with two attached hydrogens (primary N) is 1. The second-order valence-electron chi connectivity index (χ2n) is 4.68. The summed E-state index contributed by atoms with van der Waals surface area (Å²) in [7, 11) is 0. The first kappa shape index (κ1) is 14.5. The maximum Gasteiger partial charge on any atom is 0.227 e. The Labute approximate surface area is 109 Å². The van der Waals surface area contributed by atoms with Gasteiger partial charge in [-0.05, 0) is 30.2 Å². The van der Waals surface area contributed by atoms with Crippen LogP contribution in [0.1, 0.15) is 20.8 Å². The molecule has 0 saturated heterocycles. The maximum atomic E-state index is 11.9. The second kappa shape index (κ2) is 7.01. The molecule has 1 rings (SSSR count).